The van der Waals surface area contributed by atoms with Crippen LogP contribution < -0.4 is 5.32 Å². The molecule has 0 saturated carbocycles. The van der Waals surface area contributed by atoms with Crippen LogP contribution >= 0.6 is 0 Å². The molecule has 0 unspecified atom stereocenters. The van der Waals surface area contributed by atoms with E-state index in [9.17, 15) is 9.59 Å². The Morgan fingerprint density at radius 2 is 1.74 bits per heavy atom. The molecular formula is C26H33N5O3. The first-order chi connectivity index (χ1) is 16.6. The van der Waals surface area contributed by atoms with Crippen LogP contribution in [0.4, 0.5) is 4.79 Å². The van der Waals surface area contributed by atoms with Crippen molar-refractivity contribution in [1.82, 2.24) is 25.0 Å². The van der Waals surface area contributed by atoms with Crippen LogP contribution in [0.5, 0.6) is 0 Å². The number of ether oxygens (including phenoxy) is 1. The molecule has 1 fully saturated rings. The first kappa shape index (κ1) is 23.9. The highest BCUT2D eigenvalue weighted by molar-refractivity contribution is 5.95. The Bertz CT molecular complexity index is 1000. The number of aromatic nitrogens is 1. The Morgan fingerprint density at radius 3 is 2.35 bits per heavy atom. The lowest BCUT2D eigenvalue weighted by atomic mass is 9.94. The molecule has 1 aromatic carbocycles. The maximum Gasteiger partial charge on any atom is 0.338 e. The number of benzene rings is 1. The van der Waals surface area contributed by atoms with E-state index >= 15 is 0 Å². The van der Waals surface area contributed by atoms with Crippen molar-refractivity contribution in [3.63, 3.8) is 0 Å². The zero-order chi connectivity index (χ0) is 23.9. The maximum atomic E-state index is 13.2. The molecule has 1 N–H and O–H groups in total. The minimum atomic E-state index is -0.530. The molecule has 8 nitrogen and oxygen atoms in total. The molecule has 2 aliphatic rings. The fraction of sp³-hybridized carbons (Fsp3) is 0.423. The van der Waals surface area contributed by atoms with Crippen LogP contribution in [0.3, 0.4) is 0 Å². The number of nitrogens with one attached hydrogen (secondary N) is 1. The van der Waals surface area contributed by atoms with Crippen LogP contribution in [0.15, 0.2) is 66.1 Å². The van der Waals surface area contributed by atoms with Gasteiger partial charge in [0.1, 0.15) is 0 Å². The van der Waals surface area contributed by atoms with E-state index < -0.39 is 6.04 Å². The third-order valence-corrected chi connectivity index (χ3v) is 6.35. The van der Waals surface area contributed by atoms with Crippen molar-refractivity contribution in [2.45, 2.75) is 26.4 Å². The van der Waals surface area contributed by atoms with Crippen molar-refractivity contribution in [2.75, 3.05) is 45.9 Å². The first-order valence-electron chi connectivity index (χ1n) is 12.0. The number of pyridine rings is 1. The minimum Gasteiger partial charge on any atom is -0.463 e. The largest absolute Gasteiger partial charge is 0.463 e. The summed E-state index contributed by atoms with van der Waals surface area (Å²) in [5.41, 5.74) is 3.33. The summed E-state index contributed by atoms with van der Waals surface area (Å²) in [6, 6.07) is 13.0. The van der Waals surface area contributed by atoms with Gasteiger partial charge in [-0.1, -0.05) is 36.4 Å². The van der Waals surface area contributed by atoms with Crippen LogP contribution in [0.2, 0.25) is 0 Å². The monoisotopic (exact) mass is 463 g/mol. The van der Waals surface area contributed by atoms with Gasteiger partial charge < -0.3 is 10.1 Å². The van der Waals surface area contributed by atoms with E-state index in [1.54, 1.807) is 18.0 Å². The van der Waals surface area contributed by atoms with Crippen molar-refractivity contribution >= 4 is 12.0 Å². The summed E-state index contributed by atoms with van der Waals surface area (Å²) >= 11 is 0. The average Bonchev–Trinajstić information content (AvgIpc) is 2.86. The van der Waals surface area contributed by atoms with Crippen LogP contribution in [0, 0.1) is 0 Å². The summed E-state index contributed by atoms with van der Waals surface area (Å²) < 4.78 is 5.46. The zero-order valence-corrected chi connectivity index (χ0v) is 19.9. The van der Waals surface area contributed by atoms with Crippen molar-refractivity contribution in [2.24, 2.45) is 0 Å². The van der Waals surface area contributed by atoms with Crippen LogP contribution in [-0.2, 0) is 16.1 Å². The molecule has 0 bridgehead atoms. The number of rotatable bonds is 8. The minimum absolute atomic E-state index is 0.186. The third kappa shape index (κ3) is 5.46. The van der Waals surface area contributed by atoms with Crippen LogP contribution in [0.1, 0.15) is 31.0 Å². The van der Waals surface area contributed by atoms with Crippen molar-refractivity contribution in [3.8, 4) is 0 Å². The van der Waals surface area contributed by atoms with Gasteiger partial charge in [-0.15, -0.1) is 0 Å². The summed E-state index contributed by atoms with van der Waals surface area (Å²) in [6.45, 7) is 9.43. The summed E-state index contributed by atoms with van der Waals surface area (Å²) in [5, 5.41) is 3.02. The molecule has 1 aromatic heterocycles. The smallest absolute Gasteiger partial charge is 0.338 e. The number of urea groups is 1. The van der Waals surface area contributed by atoms with E-state index in [2.05, 4.69) is 26.2 Å². The molecule has 1 saturated heterocycles. The van der Waals surface area contributed by atoms with Gasteiger partial charge in [0.15, 0.2) is 0 Å². The molecule has 3 heterocycles. The third-order valence-electron chi connectivity index (χ3n) is 6.35. The van der Waals surface area contributed by atoms with E-state index in [1.165, 1.54) is 5.56 Å². The number of nitrogens with zero attached hydrogens (tertiary/aromatic N) is 4. The highest BCUT2D eigenvalue weighted by Crippen LogP contribution is 2.32. The lowest BCUT2D eigenvalue weighted by molar-refractivity contribution is -0.139. The molecule has 2 aliphatic heterocycles. The standard InChI is InChI=1S/C26H33N5O3/c1-3-31-22(19-30-15-13-29(14-16-30)18-20-9-8-12-27-17-20)23(25(32)34-4-2)24(28-26(31)33)21-10-6-5-7-11-21/h5-12,17,24H,3-4,13-16,18-19H2,1-2H3,(H,28,33)/t24-/m0/s1. The van der Waals surface area contributed by atoms with E-state index in [0.29, 0.717) is 18.7 Å². The van der Waals surface area contributed by atoms with Crippen molar-refractivity contribution < 1.29 is 14.3 Å². The van der Waals surface area contributed by atoms with E-state index in [-0.39, 0.29) is 18.6 Å². The number of hydrogen-bond donors (Lipinski definition) is 1. The van der Waals surface area contributed by atoms with E-state index in [1.807, 2.05) is 49.5 Å². The molecule has 0 aliphatic carbocycles. The summed E-state index contributed by atoms with van der Waals surface area (Å²) in [5.74, 6) is -0.375. The fourth-order valence-corrected chi connectivity index (χ4v) is 4.62. The quantitative estimate of drug-likeness (QED) is 0.607. The van der Waals surface area contributed by atoms with Gasteiger partial charge in [0, 0.05) is 63.9 Å². The number of carbonyl (C=O) groups excluding carboxylic acids is 2. The maximum absolute atomic E-state index is 13.2. The lowest BCUT2D eigenvalue weighted by Crippen LogP contribution is -2.53. The van der Waals surface area contributed by atoms with E-state index in [4.69, 9.17) is 4.74 Å². The molecule has 2 aromatic rings. The topological polar surface area (TPSA) is 78.0 Å². The second-order valence-corrected chi connectivity index (χ2v) is 8.53. The second-order valence-electron chi connectivity index (χ2n) is 8.53. The van der Waals surface area contributed by atoms with Gasteiger partial charge in [-0.3, -0.25) is 19.7 Å². The molecule has 4 rings (SSSR count). The highest BCUT2D eigenvalue weighted by atomic mass is 16.5. The van der Waals surface area contributed by atoms with Crippen LogP contribution in [0.25, 0.3) is 0 Å². The van der Waals surface area contributed by atoms with E-state index in [0.717, 1.165) is 44.0 Å². The van der Waals surface area contributed by atoms with Gasteiger partial charge in [-0.2, -0.15) is 0 Å². The normalized spacial score (nSPS) is 19.8. The fourth-order valence-electron chi connectivity index (χ4n) is 4.62. The van der Waals surface area contributed by atoms with Gasteiger partial charge in [-0.05, 0) is 31.0 Å². The summed E-state index contributed by atoms with van der Waals surface area (Å²) in [6.07, 6.45) is 3.70. The molecule has 0 radical (unpaired) electrons. The Kier molecular flexibility index (Phi) is 7.92. The first-order valence-corrected chi connectivity index (χ1v) is 12.0. The van der Waals surface area contributed by atoms with Gasteiger partial charge in [0.05, 0.1) is 18.2 Å². The molecule has 180 valence electrons. The number of carbonyl (C=O) groups is 2. The molecule has 2 amide bonds. The Balaban J connectivity index is 1.56. The Labute approximate surface area is 201 Å². The SMILES string of the molecule is CCOC(=O)C1=C(CN2CCN(Cc3cccnc3)CC2)N(CC)C(=O)N[C@H]1c1ccccc1. The van der Waals surface area contributed by atoms with Gasteiger partial charge in [-0.25, -0.2) is 9.59 Å². The Hall–Kier alpha value is -3.23. The predicted molar refractivity (Wildman–Crippen MR) is 130 cm³/mol. The zero-order valence-electron chi connectivity index (χ0n) is 19.9. The van der Waals surface area contributed by atoms with Crippen molar-refractivity contribution in [1.29, 1.82) is 0 Å². The van der Waals surface area contributed by atoms with Gasteiger partial charge in [0.25, 0.3) is 0 Å². The molecule has 34 heavy (non-hydrogen) atoms. The predicted octanol–water partition coefficient (Wildman–Crippen LogP) is 2.80. The molecular weight excluding hydrogens is 430 g/mol. The molecule has 8 heteroatoms. The number of esters is 1. The number of likely N-dealkylation sites (N-methyl/N-ethyl adjacent to an activating group) is 1. The van der Waals surface area contributed by atoms with Gasteiger partial charge in [0.2, 0.25) is 0 Å². The van der Waals surface area contributed by atoms with Crippen LogP contribution in [-0.4, -0.2) is 77.6 Å². The summed E-state index contributed by atoms with van der Waals surface area (Å²) in [7, 11) is 0. The highest BCUT2D eigenvalue weighted by Gasteiger charge is 2.38. The van der Waals surface area contributed by atoms with Gasteiger partial charge >= 0.3 is 12.0 Å². The number of hydrogen-bond acceptors (Lipinski definition) is 6. The number of piperazine rings is 1. The lowest BCUT2D eigenvalue weighted by Gasteiger charge is -2.40. The van der Waals surface area contributed by atoms with Crippen molar-refractivity contribution in [3.05, 3.63) is 77.3 Å². The average molecular weight is 464 g/mol. The second kappa shape index (κ2) is 11.3. The molecule has 1 atom stereocenters. The summed E-state index contributed by atoms with van der Waals surface area (Å²) in [4.78, 5) is 36.8. The number of amides is 2. The molecule has 0 spiro atoms. The Morgan fingerprint density at radius 1 is 1.03 bits per heavy atom.